The molecule has 0 bridgehead atoms. The van der Waals surface area contributed by atoms with E-state index < -0.39 is 0 Å². The van der Waals surface area contributed by atoms with Crippen LogP contribution < -0.4 is 10.6 Å². The van der Waals surface area contributed by atoms with Crippen LogP contribution in [0.4, 0.5) is 5.82 Å². The van der Waals surface area contributed by atoms with Gasteiger partial charge in [-0.05, 0) is 13.0 Å². The zero-order valence-electron chi connectivity index (χ0n) is 11.3. The van der Waals surface area contributed by atoms with E-state index in [-0.39, 0.29) is 5.69 Å². The predicted molar refractivity (Wildman–Crippen MR) is 73.5 cm³/mol. The number of H-pyrrole nitrogens is 2. The number of nitrogens with zero attached hydrogens (tertiary/aromatic N) is 5. The molecule has 0 radical (unpaired) electrons. The Morgan fingerprint density at radius 3 is 2.75 bits per heavy atom. The van der Waals surface area contributed by atoms with Crippen molar-refractivity contribution in [2.75, 3.05) is 31.1 Å². The molecule has 1 aliphatic rings. The summed E-state index contributed by atoms with van der Waals surface area (Å²) in [5.74, 6) is 2.45. The second-order valence-electron chi connectivity index (χ2n) is 4.85. The van der Waals surface area contributed by atoms with Gasteiger partial charge in [0.25, 0.3) is 0 Å². The van der Waals surface area contributed by atoms with Gasteiger partial charge in [0.2, 0.25) is 0 Å². The third-order valence-electron chi connectivity index (χ3n) is 3.38. The molecule has 1 aliphatic heterocycles. The third-order valence-corrected chi connectivity index (χ3v) is 3.38. The zero-order valence-corrected chi connectivity index (χ0v) is 11.3. The summed E-state index contributed by atoms with van der Waals surface area (Å²) in [5.41, 5.74) is -0.255. The van der Waals surface area contributed by atoms with Crippen LogP contribution in [0, 0.1) is 6.92 Å². The molecule has 0 saturated carbocycles. The van der Waals surface area contributed by atoms with Gasteiger partial charge >= 0.3 is 5.69 Å². The molecule has 20 heavy (non-hydrogen) atoms. The standard InChI is InChI=1S/C12H17N7O/c1-9-13-3-2-11(14-9)19-6-4-18(5-7-19)8-10-15-12(20)17-16-10/h2-3H,4-8H2,1H3,(H2,15,16,17,20). The van der Waals surface area contributed by atoms with E-state index in [9.17, 15) is 4.79 Å². The highest BCUT2D eigenvalue weighted by molar-refractivity contribution is 5.37. The normalized spacial score (nSPS) is 16.6. The molecule has 3 heterocycles. The molecule has 8 nitrogen and oxygen atoms in total. The molecule has 2 N–H and O–H groups in total. The van der Waals surface area contributed by atoms with Gasteiger partial charge in [-0.2, -0.15) is 5.10 Å². The number of anilines is 1. The topological polar surface area (TPSA) is 93.8 Å². The maximum atomic E-state index is 11.0. The van der Waals surface area contributed by atoms with Crippen molar-refractivity contribution in [3.8, 4) is 0 Å². The first-order valence-corrected chi connectivity index (χ1v) is 6.61. The number of hydrogen-bond acceptors (Lipinski definition) is 6. The van der Waals surface area contributed by atoms with Gasteiger partial charge in [0.15, 0.2) is 0 Å². The Morgan fingerprint density at radius 2 is 2.10 bits per heavy atom. The van der Waals surface area contributed by atoms with Crippen LogP contribution >= 0.6 is 0 Å². The van der Waals surface area contributed by atoms with E-state index in [4.69, 9.17) is 0 Å². The summed E-state index contributed by atoms with van der Waals surface area (Å²) in [7, 11) is 0. The van der Waals surface area contributed by atoms with Crippen LogP contribution in [-0.4, -0.2) is 56.2 Å². The van der Waals surface area contributed by atoms with E-state index in [1.165, 1.54) is 0 Å². The molecule has 0 aromatic carbocycles. The van der Waals surface area contributed by atoms with Crippen molar-refractivity contribution in [3.05, 3.63) is 34.4 Å². The number of rotatable bonds is 3. The molecule has 2 aromatic heterocycles. The first-order valence-electron chi connectivity index (χ1n) is 6.61. The maximum absolute atomic E-state index is 11.0. The van der Waals surface area contributed by atoms with E-state index in [1.54, 1.807) is 6.20 Å². The lowest BCUT2D eigenvalue weighted by atomic mass is 10.3. The predicted octanol–water partition coefficient (Wildman–Crippen LogP) is -0.481. The van der Waals surface area contributed by atoms with Gasteiger partial charge in [-0.25, -0.2) is 19.9 Å². The lowest BCUT2D eigenvalue weighted by Gasteiger charge is -2.34. The molecule has 1 saturated heterocycles. The Kier molecular flexibility index (Phi) is 3.46. The lowest BCUT2D eigenvalue weighted by molar-refractivity contribution is 0.243. The smallest absolute Gasteiger partial charge is 0.340 e. The van der Waals surface area contributed by atoms with Gasteiger partial charge in [0.1, 0.15) is 17.5 Å². The Morgan fingerprint density at radius 1 is 1.30 bits per heavy atom. The Labute approximate surface area is 115 Å². The minimum atomic E-state index is -0.255. The first-order chi connectivity index (χ1) is 9.70. The van der Waals surface area contributed by atoms with Crippen LogP contribution in [0.25, 0.3) is 0 Å². The van der Waals surface area contributed by atoms with E-state index in [0.717, 1.165) is 37.8 Å². The van der Waals surface area contributed by atoms with Crippen LogP contribution in [0.15, 0.2) is 17.1 Å². The minimum absolute atomic E-state index is 0.255. The number of aryl methyl sites for hydroxylation is 1. The average Bonchev–Trinajstić information content (AvgIpc) is 2.85. The van der Waals surface area contributed by atoms with Crippen LogP contribution in [-0.2, 0) is 6.54 Å². The Balaban J connectivity index is 1.58. The van der Waals surface area contributed by atoms with Crippen molar-refractivity contribution >= 4 is 5.82 Å². The van der Waals surface area contributed by atoms with E-state index >= 15 is 0 Å². The molecule has 0 unspecified atom stereocenters. The van der Waals surface area contributed by atoms with Crippen molar-refractivity contribution in [1.82, 2.24) is 30.0 Å². The number of nitrogens with one attached hydrogen (secondary N) is 2. The fourth-order valence-corrected chi connectivity index (χ4v) is 2.35. The van der Waals surface area contributed by atoms with Crippen LogP contribution in [0.5, 0.6) is 0 Å². The van der Waals surface area contributed by atoms with Crippen molar-refractivity contribution in [2.24, 2.45) is 0 Å². The summed E-state index contributed by atoms with van der Waals surface area (Å²) in [6.07, 6.45) is 1.79. The van der Waals surface area contributed by atoms with Crippen molar-refractivity contribution in [1.29, 1.82) is 0 Å². The molecule has 0 spiro atoms. The highest BCUT2D eigenvalue weighted by Crippen LogP contribution is 2.13. The molecule has 3 rings (SSSR count). The molecular weight excluding hydrogens is 258 g/mol. The van der Waals surface area contributed by atoms with Crippen LogP contribution in [0.2, 0.25) is 0 Å². The largest absolute Gasteiger partial charge is 0.354 e. The minimum Gasteiger partial charge on any atom is -0.354 e. The Hall–Kier alpha value is -2.22. The molecule has 1 fully saturated rings. The van der Waals surface area contributed by atoms with Gasteiger partial charge in [-0.15, -0.1) is 0 Å². The van der Waals surface area contributed by atoms with Crippen molar-refractivity contribution in [2.45, 2.75) is 13.5 Å². The number of aromatic nitrogens is 5. The summed E-state index contributed by atoms with van der Waals surface area (Å²) in [6.45, 7) is 6.20. The quantitative estimate of drug-likeness (QED) is 0.785. The number of aromatic amines is 2. The van der Waals surface area contributed by atoms with Gasteiger partial charge in [0, 0.05) is 32.4 Å². The third kappa shape index (κ3) is 2.85. The fraction of sp³-hybridized carbons (Fsp3) is 0.500. The SMILES string of the molecule is Cc1nccc(N2CCN(Cc3n[nH]c(=O)[nH]3)CC2)n1. The van der Waals surface area contributed by atoms with Gasteiger partial charge in [-0.3, -0.25) is 9.88 Å². The van der Waals surface area contributed by atoms with Crippen LogP contribution in [0.1, 0.15) is 11.6 Å². The summed E-state index contributed by atoms with van der Waals surface area (Å²) in [5, 5.41) is 6.31. The average molecular weight is 275 g/mol. The molecule has 0 amide bonds. The molecular formula is C12H17N7O. The lowest BCUT2D eigenvalue weighted by Crippen LogP contribution is -2.46. The highest BCUT2D eigenvalue weighted by Gasteiger charge is 2.19. The second-order valence-corrected chi connectivity index (χ2v) is 4.85. The highest BCUT2D eigenvalue weighted by atomic mass is 16.1. The van der Waals surface area contributed by atoms with Crippen LogP contribution in [0.3, 0.4) is 0 Å². The van der Waals surface area contributed by atoms with Crippen molar-refractivity contribution < 1.29 is 0 Å². The number of piperazine rings is 1. The molecule has 106 valence electrons. The maximum Gasteiger partial charge on any atom is 0.340 e. The summed E-state index contributed by atoms with van der Waals surface area (Å²) in [6, 6.07) is 1.94. The summed E-state index contributed by atoms with van der Waals surface area (Å²) >= 11 is 0. The van der Waals surface area contributed by atoms with E-state index in [1.807, 2.05) is 13.0 Å². The van der Waals surface area contributed by atoms with Gasteiger partial charge < -0.3 is 4.90 Å². The van der Waals surface area contributed by atoms with E-state index in [0.29, 0.717) is 12.4 Å². The monoisotopic (exact) mass is 275 g/mol. The van der Waals surface area contributed by atoms with Gasteiger partial charge in [0.05, 0.1) is 6.54 Å². The fourth-order valence-electron chi connectivity index (χ4n) is 2.35. The summed E-state index contributed by atoms with van der Waals surface area (Å²) < 4.78 is 0. The number of hydrogen-bond donors (Lipinski definition) is 2. The van der Waals surface area contributed by atoms with Crippen molar-refractivity contribution in [3.63, 3.8) is 0 Å². The molecule has 0 atom stereocenters. The first kappa shape index (κ1) is 12.8. The molecule has 0 aliphatic carbocycles. The second kappa shape index (κ2) is 5.41. The Bertz CT molecular complexity index is 626. The molecule has 2 aromatic rings. The zero-order chi connectivity index (χ0) is 13.9. The van der Waals surface area contributed by atoms with E-state index in [2.05, 4.69) is 34.9 Å². The summed E-state index contributed by atoms with van der Waals surface area (Å²) in [4.78, 5) is 26.7. The molecule has 8 heteroatoms. The van der Waals surface area contributed by atoms with Gasteiger partial charge in [-0.1, -0.05) is 0 Å².